The molecule has 8 nitrogen and oxygen atoms in total. The second kappa shape index (κ2) is 6.75. The van der Waals surface area contributed by atoms with E-state index in [-0.39, 0.29) is 18.2 Å². The maximum absolute atomic E-state index is 12.8. The molecule has 0 aliphatic carbocycles. The van der Waals surface area contributed by atoms with E-state index in [1.165, 1.54) is 0 Å². The molecule has 0 aromatic carbocycles. The van der Waals surface area contributed by atoms with Crippen LogP contribution in [-0.2, 0) is 0 Å². The number of aromatic amines is 1. The van der Waals surface area contributed by atoms with E-state index < -0.39 is 0 Å². The van der Waals surface area contributed by atoms with Crippen molar-refractivity contribution in [3.8, 4) is 0 Å². The van der Waals surface area contributed by atoms with Gasteiger partial charge in [-0.15, -0.1) is 0 Å². The van der Waals surface area contributed by atoms with Crippen LogP contribution in [0.5, 0.6) is 0 Å². The lowest BCUT2D eigenvalue weighted by Crippen LogP contribution is -2.55. The highest BCUT2D eigenvalue weighted by atomic mass is 16.3. The van der Waals surface area contributed by atoms with Gasteiger partial charge in [-0.25, -0.2) is 14.8 Å². The molecule has 3 unspecified atom stereocenters. The van der Waals surface area contributed by atoms with E-state index in [2.05, 4.69) is 26.8 Å². The van der Waals surface area contributed by atoms with Crippen molar-refractivity contribution in [3.63, 3.8) is 0 Å². The van der Waals surface area contributed by atoms with E-state index in [1.807, 2.05) is 24.2 Å². The molecule has 3 atom stereocenters. The van der Waals surface area contributed by atoms with E-state index in [4.69, 9.17) is 0 Å². The summed E-state index contributed by atoms with van der Waals surface area (Å²) in [7, 11) is 2.05. The number of likely N-dealkylation sites (tertiary alicyclic amines) is 2. The third-order valence-electron chi connectivity index (χ3n) is 5.79. The summed E-state index contributed by atoms with van der Waals surface area (Å²) >= 11 is 0. The number of nitrogens with one attached hydrogen (secondary N) is 1. The van der Waals surface area contributed by atoms with Gasteiger partial charge in [0, 0.05) is 39.4 Å². The quantitative estimate of drug-likeness (QED) is 0.845. The monoisotopic (exact) mass is 358 g/mol. The lowest BCUT2D eigenvalue weighted by Gasteiger charge is -2.43. The van der Waals surface area contributed by atoms with Crippen molar-refractivity contribution in [1.29, 1.82) is 0 Å². The smallest absolute Gasteiger partial charge is 0.320 e. The molecule has 2 fully saturated rings. The summed E-state index contributed by atoms with van der Waals surface area (Å²) in [6, 6.07) is 2.22. The Hall–Kier alpha value is -2.35. The first-order valence-electron chi connectivity index (χ1n) is 9.27. The molecular weight excluding hydrogens is 332 g/mol. The topological polar surface area (TPSA) is 88.6 Å². The molecule has 2 aliphatic heterocycles. The highest BCUT2D eigenvalue weighted by molar-refractivity contribution is 5.87. The number of fused-ring (bicyclic) bond motifs is 1. The number of aliphatic hydroxyl groups excluding tert-OH is 1. The van der Waals surface area contributed by atoms with Crippen LogP contribution in [0.15, 0.2) is 18.6 Å². The van der Waals surface area contributed by atoms with Gasteiger partial charge in [-0.05, 0) is 24.8 Å². The van der Waals surface area contributed by atoms with Gasteiger partial charge < -0.3 is 24.8 Å². The second-order valence-corrected chi connectivity index (χ2v) is 7.50. The maximum atomic E-state index is 12.8. The Kier molecular flexibility index (Phi) is 4.44. The van der Waals surface area contributed by atoms with E-state index in [0.717, 1.165) is 29.8 Å². The first-order chi connectivity index (χ1) is 12.5. The van der Waals surface area contributed by atoms with Crippen LogP contribution in [-0.4, -0.2) is 81.3 Å². The largest absolute Gasteiger partial charge is 0.391 e. The summed E-state index contributed by atoms with van der Waals surface area (Å²) in [4.78, 5) is 30.6. The van der Waals surface area contributed by atoms with Crippen LogP contribution < -0.4 is 4.90 Å². The van der Waals surface area contributed by atoms with Gasteiger partial charge in [0.2, 0.25) is 0 Å². The number of amides is 2. The van der Waals surface area contributed by atoms with Crippen molar-refractivity contribution in [3.05, 3.63) is 18.6 Å². The standard InChI is InChI=1S/C18H26N6O2/c1-12-4-7-24(18(26)23-8-5-13(25)9-23)10-15(12)22(2)17-14-3-6-19-16(14)20-11-21-17/h3,6,11-13,15,25H,4-5,7-10H2,1-2H3,(H,19,20,21). The minimum Gasteiger partial charge on any atom is -0.391 e. The van der Waals surface area contributed by atoms with Gasteiger partial charge in [-0.2, -0.15) is 0 Å². The van der Waals surface area contributed by atoms with Gasteiger partial charge in [0.25, 0.3) is 0 Å². The zero-order valence-corrected chi connectivity index (χ0v) is 15.3. The number of rotatable bonds is 2. The number of aromatic nitrogens is 3. The van der Waals surface area contributed by atoms with Gasteiger partial charge >= 0.3 is 6.03 Å². The third-order valence-corrected chi connectivity index (χ3v) is 5.79. The van der Waals surface area contributed by atoms with Gasteiger partial charge in [0.05, 0.1) is 17.5 Å². The fourth-order valence-corrected chi connectivity index (χ4v) is 4.14. The van der Waals surface area contributed by atoms with Crippen molar-refractivity contribution in [2.75, 3.05) is 38.1 Å². The van der Waals surface area contributed by atoms with Crippen molar-refractivity contribution >= 4 is 22.9 Å². The first-order valence-corrected chi connectivity index (χ1v) is 9.27. The Labute approximate surface area is 152 Å². The number of piperidine rings is 1. The van der Waals surface area contributed by atoms with Crippen LogP contribution in [0.4, 0.5) is 10.6 Å². The summed E-state index contributed by atoms with van der Waals surface area (Å²) in [6.07, 6.45) is 4.69. The minimum absolute atomic E-state index is 0.0429. The molecule has 2 saturated heterocycles. The van der Waals surface area contributed by atoms with E-state index >= 15 is 0 Å². The predicted molar refractivity (Wildman–Crippen MR) is 99.0 cm³/mol. The normalized spacial score (nSPS) is 26.5. The van der Waals surface area contributed by atoms with Crippen LogP contribution in [0.1, 0.15) is 19.8 Å². The van der Waals surface area contributed by atoms with E-state index in [0.29, 0.717) is 32.0 Å². The molecule has 26 heavy (non-hydrogen) atoms. The fraction of sp³-hybridized carbons (Fsp3) is 0.611. The number of likely N-dealkylation sites (N-methyl/N-ethyl adjacent to an activating group) is 1. The predicted octanol–water partition coefficient (Wildman–Crippen LogP) is 1.29. The molecule has 2 aromatic heterocycles. The van der Waals surface area contributed by atoms with Gasteiger partial charge in [0.1, 0.15) is 17.8 Å². The second-order valence-electron chi connectivity index (χ2n) is 7.50. The van der Waals surface area contributed by atoms with Crippen molar-refractivity contribution in [1.82, 2.24) is 24.8 Å². The lowest BCUT2D eigenvalue weighted by atomic mass is 9.92. The van der Waals surface area contributed by atoms with Crippen LogP contribution in [0.2, 0.25) is 0 Å². The lowest BCUT2D eigenvalue weighted by molar-refractivity contribution is 0.124. The summed E-state index contributed by atoms with van der Waals surface area (Å²) < 4.78 is 0. The molecule has 0 bridgehead atoms. The average Bonchev–Trinajstić information content (AvgIpc) is 3.29. The van der Waals surface area contributed by atoms with Crippen LogP contribution in [0.25, 0.3) is 11.0 Å². The van der Waals surface area contributed by atoms with Crippen LogP contribution >= 0.6 is 0 Å². The molecule has 2 aromatic rings. The number of H-pyrrole nitrogens is 1. The minimum atomic E-state index is -0.385. The summed E-state index contributed by atoms with van der Waals surface area (Å²) in [5.74, 6) is 1.34. The fourth-order valence-electron chi connectivity index (χ4n) is 4.14. The molecule has 0 radical (unpaired) electrons. The Morgan fingerprint density at radius 3 is 2.81 bits per heavy atom. The van der Waals surface area contributed by atoms with Gasteiger partial charge in [-0.1, -0.05) is 6.92 Å². The molecule has 0 saturated carbocycles. The molecular formula is C18H26N6O2. The number of β-amino-alcohol motifs (C(OH)–C–C–N with tert-alkyl or cyclic N) is 1. The molecule has 2 N–H and O–H groups in total. The number of hydrogen-bond donors (Lipinski definition) is 2. The first kappa shape index (κ1) is 17.1. The Morgan fingerprint density at radius 2 is 2.04 bits per heavy atom. The number of nitrogens with zero attached hydrogens (tertiary/aromatic N) is 5. The zero-order valence-electron chi connectivity index (χ0n) is 15.3. The summed E-state index contributed by atoms with van der Waals surface area (Å²) in [6.45, 7) is 4.75. The highest BCUT2D eigenvalue weighted by Gasteiger charge is 2.35. The summed E-state index contributed by atoms with van der Waals surface area (Å²) in [5.41, 5.74) is 0.823. The molecule has 140 valence electrons. The summed E-state index contributed by atoms with van der Waals surface area (Å²) in [5, 5.41) is 10.7. The maximum Gasteiger partial charge on any atom is 0.320 e. The molecule has 4 rings (SSSR count). The Morgan fingerprint density at radius 1 is 1.27 bits per heavy atom. The molecule has 4 heterocycles. The molecule has 2 aliphatic rings. The van der Waals surface area contributed by atoms with Crippen molar-refractivity contribution in [2.24, 2.45) is 5.92 Å². The van der Waals surface area contributed by atoms with E-state index in [1.54, 1.807) is 11.2 Å². The number of carbonyl (C=O) groups excluding carboxylic acids is 1. The Bertz CT molecular complexity index is 793. The molecule has 8 heteroatoms. The molecule has 0 spiro atoms. The number of anilines is 1. The average molecular weight is 358 g/mol. The van der Waals surface area contributed by atoms with Crippen LogP contribution in [0, 0.1) is 5.92 Å². The Balaban J connectivity index is 1.53. The van der Waals surface area contributed by atoms with E-state index in [9.17, 15) is 9.90 Å². The van der Waals surface area contributed by atoms with Gasteiger partial charge in [-0.3, -0.25) is 0 Å². The third kappa shape index (κ3) is 2.98. The van der Waals surface area contributed by atoms with Crippen LogP contribution in [0.3, 0.4) is 0 Å². The zero-order chi connectivity index (χ0) is 18.3. The SMILES string of the molecule is CC1CCN(C(=O)N2CCC(O)C2)CC1N(C)c1ncnc2[nH]ccc12. The number of urea groups is 1. The molecule has 2 amide bonds. The van der Waals surface area contributed by atoms with Gasteiger partial charge in [0.15, 0.2) is 0 Å². The number of aliphatic hydroxyl groups is 1. The van der Waals surface area contributed by atoms with Crippen molar-refractivity contribution in [2.45, 2.75) is 31.9 Å². The highest BCUT2D eigenvalue weighted by Crippen LogP contribution is 2.29. The number of hydrogen-bond acceptors (Lipinski definition) is 5. The van der Waals surface area contributed by atoms with Crippen molar-refractivity contribution < 1.29 is 9.90 Å². The number of carbonyl (C=O) groups is 1.